The Kier molecular flexibility index (Phi) is 4.63. The minimum absolute atomic E-state index is 0.0777. The maximum Gasteiger partial charge on any atom is 0.131 e. The van der Waals surface area contributed by atoms with E-state index < -0.39 is 0 Å². The van der Waals surface area contributed by atoms with Gasteiger partial charge in [0.05, 0.1) is 5.02 Å². The molecule has 2 aromatic rings. The van der Waals surface area contributed by atoms with Crippen molar-refractivity contribution in [3.8, 4) is 5.75 Å². The molecule has 0 unspecified atom stereocenters. The van der Waals surface area contributed by atoms with Crippen molar-refractivity contribution in [3.63, 3.8) is 0 Å². The van der Waals surface area contributed by atoms with Crippen molar-refractivity contribution in [1.82, 2.24) is 0 Å². The van der Waals surface area contributed by atoms with Crippen LogP contribution < -0.4 is 10.5 Å². The second-order valence-electron chi connectivity index (χ2n) is 4.82. The van der Waals surface area contributed by atoms with E-state index in [0.717, 1.165) is 11.1 Å². The number of hydrogen-bond donors (Lipinski definition) is 1. The van der Waals surface area contributed by atoms with Crippen LogP contribution in [-0.2, 0) is 6.61 Å². The van der Waals surface area contributed by atoms with Gasteiger partial charge in [-0.1, -0.05) is 35.4 Å². The zero-order chi connectivity index (χ0) is 14.7. The number of hydrogen-bond acceptors (Lipinski definition) is 2. The zero-order valence-electron chi connectivity index (χ0n) is 11.5. The molecule has 0 radical (unpaired) electrons. The molecule has 1 atom stereocenters. The highest BCUT2D eigenvalue weighted by molar-refractivity contribution is 6.31. The quantitative estimate of drug-likeness (QED) is 0.907. The number of nitrogens with two attached hydrogens (primary N) is 1. The average molecular weight is 294 g/mol. The smallest absolute Gasteiger partial charge is 0.131 e. The van der Waals surface area contributed by atoms with Crippen LogP contribution in [0.4, 0.5) is 4.39 Å². The molecule has 0 fully saturated rings. The summed E-state index contributed by atoms with van der Waals surface area (Å²) in [5.41, 5.74) is 8.29. The summed E-state index contributed by atoms with van der Waals surface area (Å²) in [5, 5.41) is 0.361. The molecule has 0 aliphatic rings. The molecule has 0 aromatic heterocycles. The van der Waals surface area contributed by atoms with Gasteiger partial charge in [0.1, 0.15) is 18.2 Å². The highest BCUT2D eigenvalue weighted by atomic mass is 35.5. The fourth-order valence-electron chi connectivity index (χ4n) is 1.98. The molecule has 0 heterocycles. The Hall–Kier alpha value is -1.58. The second kappa shape index (κ2) is 6.25. The Morgan fingerprint density at radius 1 is 1.30 bits per heavy atom. The summed E-state index contributed by atoms with van der Waals surface area (Å²) >= 11 is 5.98. The van der Waals surface area contributed by atoms with E-state index in [1.165, 1.54) is 6.07 Å². The Balaban J connectivity index is 2.23. The Labute approximate surface area is 123 Å². The summed E-state index contributed by atoms with van der Waals surface area (Å²) in [6.07, 6.45) is 0. The van der Waals surface area contributed by atoms with E-state index in [1.54, 1.807) is 12.1 Å². The number of benzene rings is 2. The molecular weight excluding hydrogens is 277 g/mol. The van der Waals surface area contributed by atoms with E-state index in [2.05, 4.69) is 0 Å². The highest BCUT2D eigenvalue weighted by Crippen LogP contribution is 2.27. The van der Waals surface area contributed by atoms with E-state index in [1.807, 2.05) is 32.0 Å². The summed E-state index contributed by atoms with van der Waals surface area (Å²) in [7, 11) is 0. The topological polar surface area (TPSA) is 35.2 Å². The normalized spacial score (nSPS) is 12.2. The van der Waals surface area contributed by atoms with Gasteiger partial charge in [-0.15, -0.1) is 0 Å². The van der Waals surface area contributed by atoms with Crippen LogP contribution in [-0.4, -0.2) is 0 Å². The molecule has 0 saturated carbocycles. The van der Waals surface area contributed by atoms with Gasteiger partial charge in [0.25, 0.3) is 0 Å². The fraction of sp³-hybridized carbons (Fsp3) is 0.250. The second-order valence-corrected chi connectivity index (χ2v) is 5.23. The summed E-state index contributed by atoms with van der Waals surface area (Å²) in [6.45, 7) is 3.95. The zero-order valence-corrected chi connectivity index (χ0v) is 12.2. The number of halogens is 2. The van der Waals surface area contributed by atoms with Crippen molar-refractivity contribution in [1.29, 1.82) is 0 Å². The molecule has 0 aliphatic heterocycles. The van der Waals surface area contributed by atoms with Crippen LogP contribution in [0.2, 0.25) is 5.02 Å². The Morgan fingerprint density at radius 3 is 2.70 bits per heavy atom. The van der Waals surface area contributed by atoms with Gasteiger partial charge in [-0.2, -0.15) is 0 Å². The third-order valence-electron chi connectivity index (χ3n) is 3.09. The molecule has 0 spiro atoms. The summed E-state index contributed by atoms with van der Waals surface area (Å²) < 4.78 is 19.4. The minimum Gasteiger partial charge on any atom is -0.488 e. The van der Waals surface area contributed by atoms with E-state index in [9.17, 15) is 4.39 Å². The molecule has 20 heavy (non-hydrogen) atoms. The SMILES string of the molecule is Cc1ccc(OCc2c(F)cccc2Cl)c([C@@H](C)N)c1. The van der Waals surface area contributed by atoms with Gasteiger partial charge in [-0.25, -0.2) is 4.39 Å². The van der Waals surface area contributed by atoms with Crippen molar-refractivity contribution in [3.05, 3.63) is 63.9 Å². The van der Waals surface area contributed by atoms with Crippen LogP contribution in [0.3, 0.4) is 0 Å². The molecule has 106 valence electrons. The van der Waals surface area contributed by atoms with Crippen LogP contribution in [0.25, 0.3) is 0 Å². The average Bonchev–Trinajstić information content (AvgIpc) is 2.39. The Bertz CT molecular complexity index is 593. The molecule has 0 amide bonds. The fourth-order valence-corrected chi connectivity index (χ4v) is 2.19. The number of rotatable bonds is 4. The van der Waals surface area contributed by atoms with Crippen molar-refractivity contribution < 1.29 is 9.13 Å². The van der Waals surface area contributed by atoms with Crippen LogP contribution >= 0.6 is 11.6 Å². The summed E-state index contributed by atoms with van der Waals surface area (Å²) in [5.74, 6) is 0.289. The predicted molar refractivity (Wildman–Crippen MR) is 79.5 cm³/mol. The van der Waals surface area contributed by atoms with Crippen LogP contribution in [0, 0.1) is 12.7 Å². The van der Waals surface area contributed by atoms with Crippen molar-refractivity contribution >= 4 is 11.6 Å². The lowest BCUT2D eigenvalue weighted by Gasteiger charge is -2.15. The molecule has 0 saturated heterocycles. The van der Waals surface area contributed by atoms with E-state index in [4.69, 9.17) is 22.1 Å². The van der Waals surface area contributed by atoms with Crippen LogP contribution in [0.5, 0.6) is 5.75 Å². The van der Waals surface area contributed by atoms with Gasteiger partial charge in [0.2, 0.25) is 0 Å². The first kappa shape index (κ1) is 14.8. The van der Waals surface area contributed by atoms with Crippen molar-refractivity contribution in [2.45, 2.75) is 26.5 Å². The monoisotopic (exact) mass is 293 g/mol. The molecule has 0 bridgehead atoms. The lowest BCUT2D eigenvalue weighted by Crippen LogP contribution is -2.09. The van der Waals surface area contributed by atoms with Crippen molar-refractivity contribution in [2.24, 2.45) is 5.73 Å². The lowest BCUT2D eigenvalue weighted by atomic mass is 10.1. The largest absolute Gasteiger partial charge is 0.488 e. The first-order valence-corrected chi connectivity index (χ1v) is 6.78. The number of aryl methyl sites for hydroxylation is 1. The van der Waals surface area contributed by atoms with Gasteiger partial charge >= 0.3 is 0 Å². The van der Waals surface area contributed by atoms with Gasteiger partial charge in [-0.3, -0.25) is 0 Å². The van der Waals surface area contributed by atoms with Gasteiger partial charge in [0.15, 0.2) is 0 Å². The van der Waals surface area contributed by atoms with Gasteiger partial charge < -0.3 is 10.5 Å². The molecule has 2 N–H and O–H groups in total. The standard InChI is InChI=1S/C16H17ClFNO/c1-10-6-7-16(12(8-10)11(2)19)20-9-13-14(17)4-3-5-15(13)18/h3-8,11H,9,19H2,1-2H3/t11-/m1/s1. The molecule has 4 heteroatoms. The van der Waals surface area contributed by atoms with Crippen molar-refractivity contribution in [2.75, 3.05) is 0 Å². The minimum atomic E-state index is -0.369. The molecular formula is C16H17ClFNO. The van der Waals surface area contributed by atoms with Gasteiger partial charge in [-0.05, 0) is 32.0 Å². The lowest BCUT2D eigenvalue weighted by molar-refractivity contribution is 0.295. The number of ether oxygens (including phenoxy) is 1. The third-order valence-corrected chi connectivity index (χ3v) is 3.44. The first-order valence-electron chi connectivity index (χ1n) is 6.41. The molecule has 0 aliphatic carbocycles. The predicted octanol–water partition coefficient (Wildman–Crippen LogP) is 4.39. The summed E-state index contributed by atoms with van der Waals surface area (Å²) in [4.78, 5) is 0. The molecule has 2 rings (SSSR count). The van der Waals surface area contributed by atoms with E-state index in [0.29, 0.717) is 16.3 Å². The maximum absolute atomic E-state index is 13.7. The Morgan fingerprint density at radius 2 is 2.05 bits per heavy atom. The highest BCUT2D eigenvalue weighted by Gasteiger charge is 2.11. The van der Waals surface area contributed by atoms with Gasteiger partial charge in [0, 0.05) is 17.2 Å². The van der Waals surface area contributed by atoms with E-state index >= 15 is 0 Å². The molecule has 2 aromatic carbocycles. The van der Waals surface area contributed by atoms with E-state index in [-0.39, 0.29) is 18.5 Å². The summed E-state index contributed by atoms with van der Waals surface area (Å²) in [6, 6.07) is 10.2. The maximum atomic E-state index is 13.7. The van der Waals surface area contributed by atoms with Crippen LogP contribution in [0.15, 0.2) is 36.4 Å². The molecule has 2 nitrogen and oxygen atoms in total. The third kappa shape index (κ3) is 3.30. The first-order chi connectivity index (χ1) is 9.49. The van der Waals surface area contributed by atoms with Crippen LogP contribution in [0.1, 0.15) is 29.7 Å².